The van der Waals surface area contributed by atoms with Gasteiger partial charge in [-0.05, 0) is 45.4 Å². The number of carbonyl (C=O) groups is 1. The molecule has 3 nitrogen and oxygen atoms in total. The first-order valence-corrected chi connectivity index (χ1v) is 6.99. The zero-order chi connectivity index (χ0) is 14.6. The van der Waals surface area contributed by atoms with Gasteiger partial charge >= 0.3 is 6.09 Å². The monoisotopic (exact) mass is 331 g/mol. The molecule has 1 aromatic carbocycles. The quantitative estimate of drug-likeness (QED) is 0.800. The first kappa shape index (κ1) is 16.0. The van der Waals surface area contributed by atoms with Crippen molar-refractivity contribution in [2.75, 3.05) is 11.4 Å². The minimum Gasteiger partial charge on any atom is -0.443 e. The summed E-state index contributed by atoms with van der Waals surface area (Å²) < 4.78 is 19.9. The van der Waals surface area contributed by atoms with Gasteiger partial charge in [0.25, 0.3) is 0 Å². The molecule has 0 bridgehead atoms. The van der Waals surface area contributed by atoms with Crippen LogP contribution in [0.5, 0.6) is 0 Å². The fourth-order valence-electron chi connectivity index (χ4n) is 1.55. The number of ether oxygens (including phenoxy) is 1. The third-order valence-corrected chi connectivity index (χ3v) is 2.75. The van der Waals surface area contributed by atoms with Gasteiger partial charge in [0.1, 0.15) is 11.4 Å². The first-order valence-electron chi connectivity index (χ1n) is 6.20. The van der Waals surface area contributed by atoms with Crippen LogP contribution in [-0.2, 0) is 4.74 Å². The SMILES string of the molecule is CCCN(C(=O)OC(C)(C)C)c1ccc(Br)cc1F. The summed E-state index contributed by atoms with van der Waals surface area (Å²) in [5.41, 5.74) is -0.367. The molecule has 0 fully saturated rings. The smallest absolute Gasteiger partial charge is 0.414 e. The van der Waals surface area contributed by atoms with E-state index in [1.54, 1.807) is 32.9 Å². The number of hydrogen-bond donors (Lipinski definition) is 0. The fraction of sp³-hybridized carbons (Fsp3) is 0.500. The van der Waals surface area contributed by atoms with Gasteiger partial charge < -0.3 is 4.74 Å². The molecule has 19 heavy (non-hydrogen) atoms. The maximum absolute atomic E-state index is 13.9. The number of nitrogens with zero attached hydrogens (tertiary/aromatic N) is 1. The summed E-state index contributed by atoms with van der Waals surface area (Å²) in [6.07, 6.45) is 0.185. The minimum atomic E-state index is -0.602. The number of anilines is 1. The Kier molecular flexibility index (Phi) is 5.35. The van der Waals surface area contributed by atoms with Gasteiger partial charge in [0.15, 0.2) is 0 Å². The maximum atomic E-state index is 13.9. The molecule has 1 rings (SSSR count). The normalized spacial score (nSPS) is 11.3. The van der Waals surface area contributed by atoms with Crippen LogP contribution in [-0.4, -0.2) is 18.2 Å². The van der Waals surface area contributed by atoms with E-state index in [2.05, 4.69) is 15.9 Å². The van der Waals surface area contributed by atoms with E-state index in [1.807, 2.05) is 6.92 Å². The molecule has 0 spiro atoms. The summed E-state index contributed by atoms with van der Waals surface area (Å²) in [6, 6.07) is 4.60. The van der Waals surface area contributed by atoms with Crippen molar-refractivity contribution in [3.05, 3.63) is 28.5 Å². The molecule has 0 unspecified atom stereocenters. The van der Waals surface area contributed by atoms with Crippen molar-refractivity contribution in [2.45, 2.75) is 39.7 Å². The van der Waals surface area contributed by atoms with Crippen LogP contribution in [0.4, 0.5) is 14.9 Å². The molecule has 0 aliphatic heterocycles. The number of carbonyl (C=O) groups excluding carboxylic acids is 1. The average molecular weight is 332 g/mol. The standard InChI is InChI=1S/C14H19BrFNO2/c1-5-8-17(13(18)19-14(2,3)4)12-7-6-10(15)9-11(12)16/h6-7,9H,5,8H2,1-4H3. The highest BCUT2D eigenvalue weighted by atomic mass is 79.9. The Morgan fingerprint density at radius 3 is 2.53 bits per heavy atom. The number of halogens is 2. The van der Waals surface area contributed by atoms with Gasteiger partial charge in [-0.2, -0.15) is 0 Å². The summed E-state index contributed by atoms with van der Waals surface area (Å²) in [4.78, 5) is 13.4. The van der Waals surface area contributed by atoms with Crippen LogP contribution in [0.15, 0.2) is 22.7 Å². The summed E-state index contributed by atoms with van der Waals surface area (Å²) in [6.45, 7) is 7.69. The van der Waals surface area contributed by atoms with Crippen molar-refractivity contribution >= 4 is 27.7 Å². The molecular formula is C14H19BrFNO2. The Balaban J connectivity index is 3.03. The van der Waals surface area contributed by atoms with Crippen molar-refractivity contribution < 1.29 is 13.9 Å². The largest absolute Gasteiger partial charge is 0.443 e. The molecule has 0 atom stereocenters. The molecule has 0 heterocycles. The van der Waals surface area contributed by atoms with Crippen molar-refractivity contribution in [1.82, 2.24) is 0 Å². The number of hydrogen-bond acceptors (Lipinski definition) is 2. The van der Waals surface area contributed by atoms with Crippen LogP contribution in [0, 0.1) is 5.82 Å². The number of amides is 1. The predicted molar refractivity (Wildman–Crippen MR) is 78.0 cm³/mol. The lowest BCUT2D eigenvalue weighted by molar-refractivity contribution is 0.0579. The van der Waals surface area contributed by atoms with Gasteiger partial charge in [-0.25, -0.2) is 9.18 Å². The van der Waals surface area contributed by atoms with E-state index in [0.717, 1.165) is 6.42 Å². The molecule has 1 amide bonds. The lowest BCUT2D eigenvalue weighted by Gasteiger charge is -2.27. The average Bonchev–Trinajstić information content (AvgIpc) is 2.24. The molecule has 106 valence electrons. The van der Waals surface area contributed by atoms with Crippen molar-refractivity contribution in [3.8, 4) is 0 Å². The third-order valence-electron chi connectivity index (χ3n) is 2.26. The van der Waals surface area contributed by atoms with Gasteiger partial charge in [-0.1, -0.05) is 22.9 Å². The summed E-state index contributed by atoms with van der Waals surface area (Å²) in [7, 11) is 0. The highest BCUT2D eigenvalue weighted by Gasteiger charge is 2.24. The summed E-state index contributed by atoms with van der Waals surface area (Å²) in [5.74, 6) is -0.450. The maximum Gasteiger partial charge on any atom is 0.414 e. The Morgan fingerprint density at radius 2 is 2.05 bits per heavy atom. The highest BCUT2D eigenvalue weighted by molar-refractivity contribution is 9.10. The van der Waals surface area contributed by atoms with E-state index in [9.17, 15) is 9.18 Å². The lowest BCUT2D eigenvalue weighted by Crippen LogP contribution is -2.37. The second-order valence-electron chi connectivity index (χ2n) is 5.23. The van der Waals surface area contributed by atoms with Crippen LogP contribution in [0.2, 0.25) is 0 Å². The van der Waals surface area contributed by atoms with Gasteiger partial charge in [0.2, 0.25) is 0 Å². The molecule has 0 aliphatic rings. The molecular weight excluding hydrogens is 313 g/mol. The Labute approximate surface area is 121 Å². The van der Waals surface area contributed by atoms with Crippen LogP contribution >= 0.6 is 15.9 Å². The zero-order valence-electron chi connectivity index (χ0n) is 11.7. The molecule has 0 aromatic heterocycles. The second kappa shape index (κ2) is 6.37. The van der Waals surface area contributed by atoms with Crippen molar-refractivity contribution in [1.29, 1.82) is 0 Å². The first-order chi connectivity index (χ1) is 8.74. The van der Waals surface area contributed by atoms with Crippen LogP contribution in [0.25, 0.3) is 0 Å². The van der Waals surface area contributed by atoms with E-state index in [1.165, 1.54) is 11.0 Å². The number of benzene rings is 1. The zero-order valence-corrected chi connectivity index (χ0v) is 13.3. The molecule has 0 saturated carbocycles. The molecule has 0 radical (unpaired) electrons. The van der Waals surface area contributed by atoms with Crippen molar-refractivity contribution in [2.24, 2.45) is 0 Å². The minimum absolute atomic E-state index is 0.235. The summed E-state index contributed by atoms with van der Waals surface area (Å²) in [5, 5.41) is 0. The molecule has 0 aliphatic carbocycles. The van der Waals surface area contributed by atoms with Gasteiger partial charge in [0, 0.05) is 11.0 Å². The molecule has 5 heteroatoms. The highest BCUT2D eigenvalue weighted by Crippen LogP contribution is 2.25. The van der Waals surface area contributed by atoms with Gasteiger partial charge in [0.05, 0.1) is 5.69 Å². The van der Waals surface area contributed by atoms with Gasteiger partial charge in [-0.15, -0.1) is 0 Å². The molecule has 0 N–H and O–H groups in total. The Morgan fingerprint density at radius 1 is 1.42 bits per heavy atom. The Hall–Kier alpha value is -1.10. The fourth-order valence-corrected chi connectivity index (χ4v) is 1.88. The number of rotatable bonds is 3. The molecule has 0 saturated heterocycles. The van der Waals surface area contributed by atoms with E-state index in [0.29, 0.717) is 11.0 Å². The second-order valence-corrected chi connectivity index (χ2v) is 6.14. The molecule has 1 aromatic rings. The third kappa shape index (κ3) is 4.82. The summed E-state index contributed by atoms with van der Waals surface area (Å²) >= 11 is 3.20. The topological polar surface area (TPSA) is 29.5 Å². The van der Waals surface area contributed by atoms with Crippen LogP contribution in [0.3, 0.4) is 0 Å². The van der Waals surface area contributed by atoms with E-state index < -0.39 is 17.5 Å². The van der Waals surface area contributed by atoms with E-state index in [4.69, 9.17) is 4.74 Å². The predicted octanol–water partition coefficient (Wildman–Crippen LogP) is 4.74. The van der Waals surface area contributed by atoms with Crippen LogP contribution in [0.1, 0.15) is 34.1 Å². The van der Waals surface area contributed by atoms with E-state index >= 15 is 0 Å². The van der Waals surface area contributed by atoms with Crippen LogP contribution < -0.4 is 4.90 Å². The van der Waals surface area contributed by atoms with Crippen molar-refractivity contribution in [3.63, 3.8) is 0 Å². The van der Waals surface area contributed by atoms with E-state index in [-0.39, 0.29) is 5.69 Å². The lowest BCUT2D eigenvalue weighted by atomic mass is 10.2. The van der Waals surface area contributed by atoms with Gasteiger partial charge in [-0.3, -0.25) is 4.90 Å². The Bertz CT molecular complexity index is 457.